The highest BCUT2D eigenvalue weighted by atomic mass is 35.5. The van der Waals surface area contributed by atoms with Gasteiger partial charge in [0.15, 0.2) is 0 Å². The Morgan fingerprint density at radius 1 is 1.38 bits per heavy atom. The number of hydrogen-bond donors (Lipinski definition) is 3. The van der Waals surface area contributed by atoms with Gasteiger partial charge in [0, 0.05) is 12.0 Å². The van der Waals surface area contributed by atoms with Crippen LogP contribution in [0, 0.1) is 0 Å². The molecule has 4 nitrogen and oxygen atoms in total. The van der Waals surface area contributed by atoms with Gasteiger partial charge in [-0.3, -0.25) is 4.79 Å². The summed E-state index contributed by atoms with van der Waals surface area (Å²) >= 11 is 13.4. The van der Waals surface area contributed by atoms with Crippen molar-refractivity contribution in [1.82, 2.24) is 10.3 Å². The minimum absolute atomic E-state index is 0.00319. The van der Waals surface area contributed by atoms with Crippen molar-refractivity contribution in [2.75, 3.05) is 6.61 Å². The number of halogens is 2. The van der Waals surface area contributed by atoms with Crippen LogP contribution in [0.25, 0.3) is 10.2 Å². The zero-order chi connectivity index (χ0) is 16.8. The predicted octanol–water partition coefficient (Wildman–Crippen LogP) is 3.97. The molecular weight excluding hydrogens is 367 g/mol. The van der Waals surface area contributed by atoms with Gasteiger partial charge in [0.2, 0.25) is 0 Å². The van der Waals surface area contributed by atoms with Crippen molar-refractivity contribution in [2.24, 2.45) is 0 Å². The van der Waals surface area contributed by atoms with Gasteiger partial charge in [-0.1, -0.05) is 47.5 Å². The number of aliphatic hydroxyl groups is 1. The number of benzene rings is 1. The Kier molecular flexibility index (Phi) is 4.04. The number of thiophene rings is 1. The third-order valence-corrected chi connectivity index (χ3v) is 6.44. The van der Waals surface area contributed by atoms with E-state index in [9.17, 15) is 9.90 Å². The second-order valence-corrected chi connectivity index (χ2v) is 7.92. The number of carbonyl (C=O) groups is 1. The summed E-state index contributed by atoms with van der Waals surface area (Å²) in [4.78, 5) is 15.6. The Morgan fingerprint density at radius 3 is 2.92 bits per heavy atom. The number of carbonyl (C=O) groups excluding carboxylic acids is 1. The summed E-state index contributed by atoms with van der Waals surface area (Å²) in [5.74, 6) is -0.291. The minimum Gasteiger partial charge on any atom is -0.396 e. The molecule has 4 rings (SSSR count). The third kappa shape index (κ3) is 2.52. The van der Waals surface area contributed by atoms with Crippen LogP contribution in [0.5, 0.6) is 0 Å². The lowest BCUT2D eigenvalue weighted by Gasteiger charge is -2.19. The molecule has 1 aromatic carbocycles. The fourth-order valence-electron chi connectivity index (χ4n) is 3.34. The maximum atomic E-state index is 12.6. The van der Waals surface area contributed by atoms with Gasteiger partial charge in [-0.25, -0.2) is 0 Å². The molecular formula is C17H14Cl2N2O2S. The lowest BCUT2D eigenvalue weighted by Crippen LogP contribution is -2.39. The fraction of sp³-hybridized carbons (Fsp3) is 0.235. The van der Waals surface area contributed by atoms with Gasteiger partial charge < -0.3 is 15.4 Å². The van der Waals surface area contributed by atoms with Gasteiger partial charge >= 0.3 is 0 Å². The molecule has 1 aliphatic carbocycles. The topological polar surface area (TPSA) is 65.1 Å². The van der Waals surface area contributed by atoms with E-state index >= 15 is 0 Å². The van der Waals surface area contributed by atoms with E-state index < -0.39 is 0 Å². The van der Waals surface area contributed by atoms with Gasteiger partial charge in [0.25, 0.3) is 5.91 Å². The molecule has 1 aliphatic rings. The molecule has 24 heavy (non-hydrogen) atoms. The van der Waals surface area contributed by atoms with E-state index in [1.165, 1.54) is 16.9 Å². The summed E-state index contributed by atoms with van der Waals surface area (Å²) < 4.78 is 1.36. The molecule has 0 saturated carbocycles. The summed E-state index contributed by atoms with van der Waals surface area (Å²) in [7, 11) is 0. The van der Waals surface area contributed by atoms with Gasteiger partial charge in [0.1, 0.15) is 10.0 Å². The quantitative estimate of drug-likeness (QED) is 0.643. The van der Waals surface area contributed by atoms with Crippen LogP contribution in [0.3, 0.4) is 0 Å². The lowest BCUT2D eigenvalue weighted by molar-refractivity contribution is 0.0922. The number of hydrogen-bond acceptors (Lipinski definition) is 3. The van der Waals surface area contributed by atoms with Crippen molar-refractivity contribution in [1.29, 1.82) is 0 Å². The van der Waals surface area contributed by atoms with E-state index in [4.69, 9.17) is 23.2 Å². The Hall–Kier alpha value is -1.53. The molecule has 1 amide bonds. The second kappa shape index (κ2) is 6.08. The molecule has 0 radical (unpaired) electrons. The van der Waals surface area contributed by atoms with Crippen LogP contribution in [0.1, 0.15) is 27.5 Å². The molecule has 2 heterocycles. The van der Waals surface area contributed by atoms with E-state index in [0.717, 1.165) is 16.7 Å². The zero-order valence-electron chi connectivity index (χ0n) is 12.5. The van der Waals surface area contributed by atoms with Crippen LogP contribution >= 0.6 is 34.5 Å². The van der Waals surface area contributed by atoms with Gasteiger partial charge in [-0.05, 0) is 23.6 Å². The first-order valence-corrected chi connectivity index (χ1v) is 9.11. The average molecular weight is 381 g/mol. The van der Waals surface area contributed by atoms with E-state index in [1.54, 1.807) is 6.07 Å². The normalized spacial score (nSPS) is 19.6. The highest BCUT2D eigenvalue weighted by molar-refractivity contribution is 7.23. The number of rotatable bonds is 3. The molecule has 2 aromatic heterocycles. The first kappa shape index (κ1) is 16.0. The SMILES string of the molecule is O=C(NC1Cc2ccccc2[C@H]1CO)c1cc2sc(Cl)c(Cl)c2[nH]1. The first-order chi connectivity index (χ1) is 11.6. The van der Waals surface area contributed by atoms with E-state index in [2.05, 4.69) is 10.3 Å². The molecule has 7 heteroatoms. The summed E-state index contributed by atoms with van der Waals surface area (Å²) in [6, 6.07) is 9.60. The number of amides is 1. The van der Waals surface area contributed by atoms with Crippen LogP contribution < -0.4 is 5.32 Å². The maximum Gasteiger partial charge on any atom is 0.268 e. The van der Waals surface area contributed by atoms with Crippen molar-refractivity contribution >= 4 is 50.7 Å². The van der Waals surface area contributed by atoms with Gasteiger partial charge in [-0.2, -0.15) is 0 Å². The Bertz CT molecular complexity index is 934. The predicted molar refractivity (Wildman–Crippen MR) is 97.4 cm³/mol. The highest BCUT2D eigenvalue weighted by Crippen LogP contribution is 2.39. The molecule has 1 unspecified atom stereocenters. The molecule has 3 N–H and O–H groups in total. The molecule has 0 bridgehead atoms. The van der Waals surface area contributed by atoms with E-state index in [-0.39, 0.29) is 24.5 Å². The van der Waals surface area contributed by atoms with Crippen LogP contribution in [0.2, 0.25) is 9.36 Å². The van der Waals surface area contributed by atoms with Crippen molar-refractivity contribution in [3.63, 3.8) is 0 Å². The summed E-state index contributed by atoms with van der Waals surface area (Å²) in [5, 5.41) is 13.2. The largest absolute Gasteiger partial charge is 0.396 e. The van der Waals surface area contributed by atoms with Crippen LogP contribution in [-0.2, 0) is 6.42 Å². The summed E-state index contributed by atoms with van der Waals surface area (Å²) in [5.41, 5.74) is 3.41. The molecule has 0 saturated heterocycles. The van der Waals surface area contributed by atoms with E-state index in [0.29, 0.717) is 20.6 Å². The number of nitrogens with one attached hydrogen (secondary N) is 2. The maximum absolute atomic E-state index is 12.6. The van der Waals surface area contributed by atoms with Crippen LogP contribution in [0.15, 0.2) is 30.3 Å². The van der Waals surface area contributed by atoms with Crippen molar-refractivity contribution in [2.45, 2.75) is 18.4 Å². The average Bonchev–Trinajstić information content (AvgIpc) is 3.21. The van der Waals surface area contributed by atoms with Crippen LogP contribution in [-0.4, -0.2) is 28.6 Å². The lowest BCUT2D eigenvalue weighted by atomic mass is 9.99. The fourth-order valence-corrected chi connectivity index (χ4v) is 4.82. The number of aromatic amines is 1. The Balaban J connectivity index is 1.57. The third-order valence-electron chi connectivity index (χ3n) is 4.51. The number of H-pyrrole nitrogens is 1. The highest BCUT2D eigenvalue weighted by Gasteiger charge is 2.33. The van der Waals surface area contributed by atoms with E-state index in [1.807, 2.05) is 24.3 Å². The number of aromatic nitrogens is 1. The minimum atomic E-state index is -0.207. The van der Waals surface area contributed by atoms with Gasteiger partial charge in [0.05, 0.1) is 21.8 Å². The Labute approximate surface area is 152 Å². The number of aliphatic hydroxyl groups excluding tert-OH is 1. The summed E-state index contributed by atoms with van der Waals surface area (Å²) in [6.45, 7) is 0.00319. The standard InChI is InChI=1S/C17H14Cl2N2O2S/c18-14-15-13(24-16(14)19)6-12(20-15)17(23)21-11-5-8-3-1-2-4-9(8)10(11)7-22/h1-4,6,10-11,20,22H,5,7H2,(H,21,23)/t10-,11?/m1/s1. The van der Waals surface area contributed by atoms with Crippen molar-refractivity contribution in [3.8, 4) is 0 Å². The molecule has 2 atom stereocenters. The molecule has 3 aromatic rings. The van der Waals surface area contributed by atoms with Gasteiger partial charge in [-0.15, -0.1) is 11.3 Å². The smallest absolute Gasteiger partial charge is 0.268 e. The van der Waals surface area contributed by atoms with Crippen LogP contribution in [0.4, 0.5) is 0 Å². The van der Waals surface area contributed by atoms with Crippen molar-refractivity contribution in [3.05, 3.63) is 56.5 Å². The molecule has 0 spiro atoms. The summed E-state index contributed by atoms with van der Waals surface area (Å²) in [6.07, 6.45) is 0.717. The molecule has 0 fully saturated rings. The molecule has 124 valence electrons. The molecule has 0 aliphatic heterocycles. The second-order valence-electron chi connectivity index (χ2n) is 5.88. The van der Waals surface area contributed by atoms with Crippen molar-refractivity contribution < 1.29 is 9.90 Å². The monoisotopic (exact) mass is 380 g/mol. The Morgan fingerprint density at radius 2 is 2.17 bits per heavy atom. The number of fused-ring (bicyclic) bond motifs is 2. The zero-order valence-corrected chi connectivity index (χ0v) is 14.8. The first-order valence-electron chi connectivity index (χ1n) is 7.54.